The van der Waals surface area contributed by atoms with Crippen LogP contribution >= 0.6 is 11.6 Å². The van der Waals surface area contributed by atoms with E-state index in [2.05, 4.69) is 4.98 Å². The first-order chi connectivity index (χ1) is 10.1. The summed E-state index contributed by atoms with van der Waals surface area (Å²) in [5.74, 6) is 0.999. The standard InChI is InChI=1S/C17H16ClFN2/c1-11-6-7-14(13(19)10-11)21-15-5-3-4-12(2)17(15)20-16(21)8-9-18/h3-7,10H,8-9H2,1-2H3. The second kappa shape index (κ2) is 5.49. The van der Waals surface area contributed by atoms with Crippen LogP contribution in [0.4, 0.5) is 4.39 Å². The Balaban J connectivity index is 2.33. The van der Waals surface area contributed by atoms with Gasteiger partial charge in [-0.15, -0.1) is 11.6 Å². The minimum Gasteiger partial charge on any atom is -0.293 e. The second-order valence-corrected chi connectivity index (χ2v) is 5.58. The van der Waals surface area contributed by atoms with Crippen molar-refractivity contribution in [2.75, 3.05) is 5.88 Å². The van der Waals surface area contributed by atoms with Gasteiger partial charge in [0.05, 0.1) is 16.7 Å². The number of hydrogen-bond acceptors (Lipinski definition) is 1. The van der Waals surface area contributed by atoms with Crippen molar-refractivity contribution in [1.82, 2.24) is 9.55 Å². The van der Waals surface area contributed by atoms with Crippen molar-refractivity contribution < 1.29 is 4.39 Å². The van der Waals surface area contributed by atoms with Gasteiger partial charge >= 0.3 is 0 Å². The number of hydrogen-bond donors (Lipinski definition) is 0. The average molecular weight is 303 g/mol. The molecule has 0 fully saturated rings. The van der Waals surface area contributed by atoms with Crippen molar-refractivity contribution in [2.24, 2.45) is 0 Å². The molecule has 0 radical (unpaired) electrons. The first kappa shape index (κ1) is 14.1. The first-order valence-corrected chi connectivity index (χ1v) is 7.44. The van der Waals surface area contributed by atoms with Crippen LogP contribution in [0.2, 0.25) is 0 Å². The summed E-state index contributed by atoms with van der Waals surface area (Å²) in [4.78, 5) is 4.65. The van der Waals surface area contributed by atoms with E-state index in [0.29, 0.717) is 18.0 Å². The SMILES string of the molecule is Cc1ccc(-n2c(CCCl)nc3c(C)cccc32)c(F)c1. The fraction of sp³-hybridized carbons (Fsp3) is 0.235. The molecule has 0 saturated carbocycles. The van der Waals surface area contributed by atoms with Crippen molar-refractivity contribution in [3.63, 3.8) is 0 Å². The van der Waals surface area contributed by atoms with Gasteiger partial charge < -0.3 is 0 Å². The predicted octanol–water partition coefficient (Wildman–Crippen LogP) is 4.56. The number of aromatic nitrogens is 2. The summed E-state index contributed by atoms with van der Waals surface area (Å²) in [5, 5.41) is 0. The summed E-state index contributed by atoms with van der Waals surface area (Å²) in [5.41, 5.74) is 4.31. The zero-order valence-electron chi connectivity index (χ0n) is 12.0. The zero-order chi connectivity index (χ0) is 15.0. The van der Waals surface area contributed by atoms with Crippen LogP contribution in [0.5, 0.6) is 0 Å². The van der Waals surface area contributed by atoms with Crippen LogP contribution < -0.4 is 0 Å². The minimum absolute atomic E-state index is 0.244. The Morgan fingerprint density at radius 1 is 1.19 bits per heavy atom. The molecule has 0 bridgehead atoms. The van der Waals surface area contributed by atoms with Crippen LogP contribution in [0.15, 0.2) is 36.4 Å². The number of halogens is 2. The highest BCUT2D eigenvalue weighted by Crippen LogP contribution is 2.26. The first-order valence-electron chi connectivity index (χ1n) is 6.91. The summed E-state index contributed by atoms with van der Waals surface area (Å²) in [6, 6.07) is 11.2. The molecular weight excluding hydrogens is 287 g/mol. The number of benzene rings is 2. The molecule has 0 spiro atoms. The van der Waals surface area contributed by atoms with E-state index in [9.17, 15) is 4.39 Å². The van der Waals surface area contributed by atoms with Crippen LogP contribution in [0, 0.1) is 19.7 Å². The number of para-hydroxylation sites is 1. The van der Waals surface area contributed by atoms with E-state index >= 15 is 0 Å². The largest absolute Gasteiger partial charge is 0.293 e. The molecule has 1 aromatic heterocycles. The van der Waals surface area contributed by atoms with Gasteiger partial charge in [0, 0.05) is 12.3 Å². The lowest BCUT2D eigenvalue weighted by atomic mass is 10.2. The summed E-state index contributed by atoms with van der Waals surface area (Å²) >= 11 is 5.88. The molecule has 0 aliphatic heterocycles. The summed E-state index contributed by atoms with van der Waals surface area (Å²) < 4.78 is 16.3. The predicted molar refractivity (Wildman–Crippen MR) is 84.9 cm³/mol. The van der Waals surface area contributed by atoms with Crippen LogP contribution in [0.25, 0.3) is 16.7 Å². The van der Waals surface area contributed by atoms with E-state index in [0.717, 1.165) is 28.0 Å². The van der Waals surface area contributed by atoms with E-state index in [1.807, 2.05) is 42.7 Å². The summed E-state index contributed by atoms with van der Waals surface area (Å²) in [6.07, 6.45) is 0.600. The van der Waals surface area contributed by atoms with Crippen molar-refractivity contribution in [1.29, 1.82) is 0 Å². The zero-order valence-corrected chi connectivity index (χ0v) is 12.8. The van der Waals surface area contributed by atoms with Gasteiger partial charge in [0.1, 0.15) is 11.6 Å². The maximum atomic E-state index is 14.4. The average Bonchev–Trinajstić information content (AvgIpc) is 2.79. The molecule has 0 amide bonds. The number of aryl methyl sites for hydroxylation is 3. The van der Waals surface area contributed by atoms with Crippen LogP contribution in [-0.4, -0.2) is 15.4 Å². The van der Waals surface area contributed by atoms with E-state index < -0.39 is 0 Å². The van der Waals surface area contributed by atoms with Gasteiger partial charge in [0.25, 0.3) is 0 Å². The molecule has 2 aromatic carbocycles. The van der Waals surface area contributed by atoms with E-state index in [1.54, 1.807) is 12.1 Å². The Bertz CT molecular complexity index is 808. The molecule has 0 aliphatic carbocycles. The van der Waals surface area contributed by atoms with E-state index in [1.165, 1.54) is 0 Å². The molecule has 0 saturated heterocycles. The topological polar surface area (TPSA) is 17.8 Å². The maximum absolute atomic E-state index is 14.4. The van der Waals surface area contributed by atoms with Crippen LogP contribution in [0.3, 0.4) is 0 Å². The lowest BCUT2D eigenvalue weighted by molar-refractivity contribution is 0.616. The van der Waals surface area contributed by atoms with Crippen molar-refractivity contribution >= 4 is 22.6 Å². The molecule has 3 aromatic rings. The molecule has 108 valence electrons. The lowest BCUT2D eigenvalue weighted by Crippen LogP contribution is -2.04. The third-order valence-electron chi connectivity index (χ3n) is 3.62. The van der Waals surface area contributed by atoms with Gasteiger partial charge in [-0.1, -0.05) is 18.2 Å². The highest BCUT2D eigenvalue weighted by Gasteiger charge is 2.16. The fourth-order valence-corrected chi connectivity index (χ4v) is 2.77. The summed E-state index contributed by atoms with van der Waals surface area (Å²) in [6.45, 7) is 3.89. The number of fused-ring (bicyclic) bond motifs is 1. The fourth-order valence-electron chi connectivity index (χ4n) is 2.60. The number of imidazole rings is 1. The molecule has 3 rings (SSSR count). The number of nitrogens with zero attached hydrogens (tertiary/aromatic N) is 2. The molecule has 21 heavy (non-hydrogen) atoms. The third kappa shape index (κ3) is 2.42. The Morgan fingerprint density at radius 3 is 2.71 bits per heavy atom. The van der Waals surface area contributed by atoms with E-state index in [4.69, 9.17) is 11.6 Å². The molecule has 1 heterocycles. The van der Waals surface area contributed by atoms with Gasteiger partial charge in [-0.05, 0) is 43.2 Å². The van der Waals surface area contributed by atoms with Crippen molar-refractivity contribution in [2.45, 2.75) is 20.3 Å². The van der Waals surface area contributed by atoms with Gasteiger partial charge in [0.15, 0.2) is 0 Å². The van der Waals surface area contributed by atoms with Gasteiger partial charge in [-0.25, -0.2) is 9.37 Å². The Kier molecular flexibility index (Phi) is 3.68. The van der Waals surface area contributed by atoms with Crippen LogP contribution in [-0.2, 0) is 6.42 Å². The molecular formula is C17H16ClFN2. The van der Waals surface area contributed by atoms with Gasteiger partial charge in [-0.2, -0.15) is 0 Å². The molecule has 0 unspecified atom stereocenters. The second-order valence-electron chi connectivity index (χ2n) is 5.20. The molecule has 2 nitrogen and oxygen atoms in total. The lowest BCUT2D eigenvalue weighted by Gasteiger charge is -2.10. The van der Waals surface area contributed by atoms with Crippen molar-refractivity contribution in [3.05, 3.63) is 59.2 Å². The Hall–Kier alpha value is -1.87. The Labute approximate surface area is 128 Å². The monoisotopic (exact) mass is 302 g/mol. The normalized spacial score (nSPS) is 11.2. The highest BCUT2D eigenvalue weighted by atomic mass is 35.5. The highest BCUT2D eigenvalue weighted by molar-refractivity contribution is 6.17. The van der Waals surface area contributed by atoms with Crippen LogP contribution in [0.1, 0.15) is 17.0 Å². The van der Waals surface area contributed by atoms with Gasteiger partial charge in [-0.3, -0.25) is 4.57 Å². The van der Waals surface area contributed by atoms with Crippen molar-refractivity contribution in [3.8, 4) is 5.69 Å². The van der Waals surface area contributed by atoms with E-state index in [-0.39, 0.29) is 5.82 Å². The van der Waals surface area contributed by atoms with Gasteiger partial charge in [0.2, 0.25) is 0 Å². The molecule has 4 heteroatoms. The third-order valence-corrected chi connectivity index (χ3v) is 3.81. The molecule has 0 N–H and O–H groups in total. The quantitative estimate of drug-likeness (QED) is 0.648. The maximum Gasteiger partial charge on any atom is 0.147 e. The summed E-state index contributed by atoms with van der Waals surface area (Å²) in [7, 11) is 0. The smallest absolute Gasteiger partial charge is 0.147 e. The molecule has 0 atom stereocenters. The Morgan fingerprint density at radius 2 is 2.00 bits per heavy atom. The minimum atomic E-state index is -0.244. The number of rotatable bonds is 3. The molecule has 0 aliphatic rings. The number of alkyl halides is 1.